The lowest BCUT2D eigenvalue weighted by atomic mass is 10.3. The molecule has 0 heterocycles. The second kappa shape index (κ2) is 6.97. The van der Waals surface area contributed by atoms with Crippen molar-refractivity contribution in [3.05, 3.63) is 28.3 Å². The van der Waals surface area contributed by atoms with Gasteiger partial charge >= 0.3 is 5.97 Å². The molecule has 22 heavy (non-hydrogen) atoms. The summed E-state index contributed by atoms with van der Waals surface area (Å²) < 4.78 is 40.4. The third-order valence-corrected chi connectivity index (χ3v) is 5.02. The number of rotatable bonds is 6. The summed E-state index contributed by atoms with van der Waals surface area (Å²) in [5, 5.41) is 11.0. The fraction of sp³-hybridized carbons (Fsp3) is 0.417. The number of nitro benzene ring substituents is 1. The van der Waals surface area contributed by atoms with Gasteiger partial charge in [-0.25, -0.2) is 8.42 Å². The molecule has 1 rings (SSSR count). The molecular formula is C12H15NO7S2. The van der Waals surface area contributed by atoms with Gasteiger partial charge in [0.25, 0.3) is 5.69 Å². The first kappa shape index (κ1) is 18.2. The molecule has 0 saturated heterocycles. The first-order valence-corrected chi connectivity index (χ1v) is 9.29. The van der Waals surface area contributed by atoms with Crippen LogP contribution in [-0.2, 0) is 30.2 Å². The van der Waals surface area contributed by atoms with E-state index in [9.17, 15) is 27.5 Å². The Morgan fingerprint density at radius 2 is 2.00 bits per heavy atom. The van der Waals surface area contributed by atoms with Gasteiger partial charge in [0.2, 0.25) is 0 Å². The van der Waals surface area contributed by atoms with Crippen molar-refractivity contribution >= 4 is 32.3 Å². The highest BCUT2D eigenvalue weighted by Crippen LogP contribution is 2.27. The highest BCUT2D eigenvalue weighted by atomic mass is 32.2. The summed E-state index contributed by atoms with van der Waals surface area (Å²) >= 11 is 0. The van der Waals surface area contributed by atoms with Gasteiger partial charge in [0, 0.05) is 17.2 Å². The van der Waals surface area contributed by atoms with Gasteiger partial charge in [0.05, 0.1) is 21.8 Å². The van der Waals surface area contributed by atoms with Gasteiger partial charge in [0.1, 0.15) is 4.90 Å². The van der Waals surface area contributed by atoms with Crippen LogP contribution in [0.2, 0.25) is 0 Å². The van der Waals surface area contributed by atoms with Crippen molar-refractivity contribution in [1.82, 2.24) is 0 Å². The maximum atomic E-state index is 12.1. The monoisotopic (exact) mass is 349 g/mol. The normalized spacial score (nSPS) is 12.9. The second-order valence-corrected chi connectivity index (χ2v) is 7.98. The molecule has 0 radical (unpaired) electrons. The Labute approximate surface area is 130 Å². The summed E-state index contributed by atoms with van der Waals surface area (Å²) in [6.45, 7) is 3.11. The Balaban J connectivity index is 3.27. The van der Waals surface area contributed by atoms with Crippen molar-refractivity contribution in [2.45, 2.75) is 29.7 Å². The fourth-order valence-corrected chi connectivity index (χ4v) is 3.41. The van der Waals surface area contributed by atoms with E-state index in [0.29, 0.717) is 0 Å². The van der Waals surface area contributed by atoms with E-state index >= 15 is 0 Å². The largest absolute Gasteiger partial charge is 0.462 e. The van der Waals surface area contributed by atoms with E-state index in [1.807, 2.05) is 0 Å². The van der Waals surface area contributed by atoms with Crippen LogP contribution < -0.4 is 0 Å². The van der Waals surface area contributed by atoms with Crippen LogP contribution in [0.1, 0.15) is 13.8 Å². The van der Waals surface area contributed by atoms with Gasteiger partial charge in [-0.2, -0.15) is 0 Å². The third kappa shape index (κ3) is 4.60. The van der Waals surface area contributed by atoms with Crippen LogP contribution >= 0.6 is 0 Å². The minimum atomic E-state index is -4.24. The Kier molecular flexibility index (Phi) is 5.78. The van der Waals surface area contributed by atoms with E-state index in [2.05, 4.69) is 0 Å². The Morgan fingerprint density at radius 3 is 2.45 bits per heavy atom. The van der Waals surface area contributed by atoms with Crippen LogP contribution in [0.3, 0.4) is 0 Å². The summed E-state index contributed by atoms with van der Waals surface area (Å²) in [4.78, 5) is 21.1. The van der Waals surface area contributed by atoms with Crippen LogP contribution in [0.4, 0.5) is 5.69 Å². The summed E-state index contributed by atoms with van der Waals surface area (Å²) in [6, 6.07) is 3.12. The fourth-order valence-electron chi connectivity index (χ4n) is 1.61. The molecule has 0 N–H and O–H groups in total. The van der Waals surface area contributed by atoms with Gasteiger partial charge < -0.3 is 4.74 Å². The maximum Gasteiger partial charge on any atom is 0.321 e. The van der Waals surface area contributed by atoms with Crippen molar-refractivity contribution in [2.75, 3.05) is 12.0 Å². The molecule has 0 aromatic heterocycles. The maximum absolute atomic E-state index is 12.1. The number of esters is 1. The SMILES string of the molecule is CC(C)OC(=O)CS(=O)(=O)c1ccc(S(C)=O)cc1[N+](=O)[O-]. The Hall–Kier alpha value is -1.81. The number of sulfone groups is 1. The molecule has 0 aliphatic carbocycles. The zero-order valence-electron chi connectivity index (χ0n) is 12.1. The Bertz CT molecular complexity index is 725. The van der Waals surface area contributed by atoms with Crippen LogP contribution in [-0.4, -0.2) is 41.6 Å². The van der Waals surface area contributed by atoms with Crippen molar-refractivity contribution < 1.29 is 27.1 Å². The lowest BCUT2D eigenvalue weighted by Crippen LogP contribution is -2.22. The Morgan fingerprint density at radius 1 is 1.41 bits per heavy atom. The molecule has 8 nitrogen and oxygen atoms in total. The molecule has 122 valence electrons. The summed E-state index contributed by atoms with van der Waals surface area (Å²) in [5.74, 6) is -1.99. The van der Waals surface area contributed by atoms with Crippen molar-refractivity contribution in [1.29, 1.82) is 0 Å². The lowest BCUT2D eigenvalue weighted by Gasteiger charge is -2.09. The highest BCUT2D eigenvalue weighted by Gasteiger charge is 2.29. The molecular weight excluding hydrogens is 334 g/mol. The van der Waals surface area contributed by atoms with E-state index < -0.39 is 54.0 Å². The number of nitro groups is 1. The van der Waals surface area contributed by atoms with Crippen molar-refractivity contribution in [3.63, 3.8) is 0 Å². The van der Waals surface area contributed by atoms with Gasteiger partial charge in [-0.3, -0.25) is 19.1 Å². The quantitative estimate of drug-likeness (QED) is 0.427. The zero-order chi connectivity index (χ0) is 17.1. The number of ether oxygens (including phenoxy) is 1. The van der Waals surface area contributed by atoms with Crippen molar-refractivity contribution in [2.24, 2.45) is 0 Å². The third-order valence-electron chi connectivity index (χ3n) is 2.47. The van der Waals surface area contributed by atoms with Gasteiger partial charge in [-0.1, -0.05) is 0 Å². The first-order valence-electron chi connectivity index (χ1n) is 6.08. The summed E-state index contributed by atoms with van der Waals surface area (Å²) in [7, 11) is -5.74. The minimum absolute atomic E-state index is 0.121. The predicted molar refractivity (Wildman–Crippen MR) is 78.7 cm³/mol. The van der Waals surface area contributed by atoms with Crippen LogP contribution in [0.25, 0.3) is 0 Å². The topological polar surface area (TPSA) is 121 Å². The van der Waals surface area contributed by atoms with Crippen molar-refractivity contribution in [3.8, 4) is 0 Å². The second-order valence-electron chi connectivity index (χ2n) is 4.64. The number of hydrogen-bond donors (Lipinski definition) is 0. The summed E-state index contributed by atoms with van der Waals surface area (Å²) in [6.07, 6.45) is 0.815. The average molecular weight is 349 g/mol. The van der Waals surface area contributed by atoms with Gasteiger partial charge in [0.15, 0.2) is 15.6 Å². The molecule has 0 spiro atoms. The molecule has 0 saturated carbocycles. The molecule has 0 aliphatic heterocycles. The number of carbonyl (C=O) groups is 1. The number of hydrogen-bond acceptors (Lipinski definition) is 7. The number of nitrogens with zero attached hydrogens (tertiary/aromatic N) is 1. The zero-order valence-corrected chi connectivity index (χ0v) is 13.8. The number of benzene rings is 1. The van der Waals surface area contributed by atoms with Crippen LogP contribution in [0.5, 0.6) is 0 Å². The number of carbonyl (C=O) groups excluding carboxylic acids is 1. The van der Waals surface area contributed by atoms with E-state index in [1.165, 1.54) is 12.3 Å². The van der Waals surface area contributed by atoms with Gasteiger partial charge in [-0.05, 0) is 26.0 Å². The molecule has 0 aliphatic rings. The predicted octanol–water partition coefficient (Wildman–Crippen LogP) is 1.06. The average Bonchev–Trinajstić information content (AvgIpc) is 2.35. The molecule has 1 aromatic rings. The smallest absolute Gasteiger partial charge is 0.321 e. The minimum Gasteiger partial charge on any atom is -0.462 e. The molecule has 1 unspecified atom stereocenters. The molecule has 1 atom stereocenters. The van der Waals surface area contributed by atoms with E-state index in [4.69, 9.17) is 4.74 Å². The summed E-state index contributed by atoms with van der Waals surface area (Å²) in [5.41, 5.74) is -0.718. The molecule has 0 fully saturated rings. The highest BCUT2D eigenvalue weighted by molar-refractivity contribution is 7.92. The standard InChI is InChI=1S/C12H15NO7S2/c1-8(2)20-12(14)7-22(18,19)11-5-4-9(21(3)17)6-10(11)13(15)16/h4-6,8H,7H2,1-3H3. The first-order chi connectivity index (χ1) is 10.0. The molecule has 0 bridgehead atoms. The van der Waals surface area contributed by atoms with E-state index in [0.717, 1.165) is 12.1 Å². The van der Waals surface area contributed by atoms with Crippen LogP contribution in [0, 0.1) is 10.1 Å². The van der Waals surface area contributed by atoms with Gasteiger partial charge in [-0.15, -0.1) is 0 Å². The van der Waals surface area contributed by atoms with E-state index in [1.54, 1.807) is 13.8 Å². The molecule has 10 heteroatoms. The molecule has 0 amide bonds. The lowest BCUT2D eigenvalue weighted by molar-refractivity contribution is -0.388. The van der Waals surface area contributed by atoms with Crippen LogP contribution in [0.15, 0.2) is 28.0 Å². The van der Waals surface area contributed by atoms with E-state index in [-0.39, 0.29) is 4.90 Å². The molecule has 1 aromatic carbocycles.